The first-order chi connectivity index (χ1) is 10.7. The van der Waals surface area contributed by atoms with Gasteiger partial charge in [0, 0.05) is 12.6 Å². The molecule has 0 fully saturated rings. The number of hydrogen-bond donors (Lipinski definition) is 0. The van der Waals surface area contributed by atoms with Crippen molar-refractivity contribution in [3.05, 3.63) is 25.3 Å². The molecule has 140 valence electrons. The Morgan fingerprint density at radius 2 is 1.67 bits per heavy atom. The maximum atomic E-state index is 12.6. The molecule has 0 heterocycles. The molecular weight excluding hydrogens is 314 g/mol. The van der Waals surface area contributed by atoms with Crippen LogP contribution in [0, 0.1) is 0 Å². The summed E-state index contributed by atoms with van der Waals surface area (Å²) < 4.78 is 5.60. The van der Waals surface area contributed by atoms with Gasteiger partial charge < -0.3 is 9.64 Å². The van der Waals surface area contributed by atoms with Crippen LogP contribution in [0.3, 0.4) is 0 Å². The third-order valence-electron chi connectivity index (χ3n) is 4.97. The first-order valence-electron chi connectivity index (χ1n) is 8.96. The molecule has 0 N–H and O–H groups in total. The Hall–Kier alpha value is -1.03. The molecule has 3 nitrogen and oxygen atoms in total. The lowest BCUT2D eigenvalue weighted by Crippen LogP contribution is -2.45. The van der Waals surface area contributed by atoms with Gasteiger partial charge in [-0.15, -0.1) is 13.2 Å². The van der Waals surface area contributed by atoms with Crippen LogP contribution in [0.25, 0.3) is 0 Å². The molecule has 0 aliphatic heterocycles. The lowest BCUT2D eigenvalue weighted by molar-refractivity contribution is 0.0185. The minimum atomic E-state index is -1.39. The van der Waals surface area contributed by atoms with E-state index >= 15 is 0 Å². The first-order valence-corrected chi connectivity index (χ1v) is 12.2. The zero-order chi connectivity index (χ0) is 19.2. The van der Waals surface area contributed by atoms with Gasteiger partial charge in [0.2, 0.25) is 0 Å². The van der Waals surface area contributed by atoms with E-state index in [4.69, 9.17) is 4.74 Å². The van der Waals surface area contributed by atoms with Crippen molar-refractivity contribution in [2.45, 2.75) is 90.2 Å². The summed E-state index contributed by atoms with van der Waals surface area (Å²) >= 11 is 0. The van der Waals surface area contributed by atoms with E-state index in [-0.39, 0.29) is 12.1 Å². The van der Waals surface area contributed by atoms with Gasteiger partial charge in [-0.2, -0.15) is 0 Å². The molecular formula is C20H39NO2Si. The second-order valence-electron chi connectivity index (χ2n) is 9.27. The van der Waals surface area contributed by atoms with E-state index < -0.39 is 13.7 Å². The van der Waals surface area contributed by atoms with Crippen LogP contribution in [0.15, 0.2) is 25.3 Å². The summed E-state index contributed by atoms with van der Waals surface area (Å²) in [5, 5.41) is 0.348. The highest BCUT2D eigenvalue weighted by molar-refractivity contribution is 6.80. The maximum absolute atomic E-state index is 12.6. The lowest BCUT2D eigenvalue weighted by Gasteiger charge is -2.39. The second-order valence-corrected chi connectivity index (χ2v) is 15.0. The molecule has 0 saturated carbocycles. The lowest BCUT2D eigenvalue weighted by atomic mass is 10.1. The molecule has 0 aromatic carbocycles. The minimum Gasteiger partial charge on any atom is -0.444 e. The molecule has 0 bridgehead atoms. The van der Waals surface area contributed by atoms with Gasteiger partial charge in [0.1, 0.15) is 5.60 Å². The number of ether oxygens (including phenoxy) is 1. The topological polar surface area (TPSA) is 29.5 Å². The zero-order valence-corrected chi connectivity index (χ0v) is 18.2. The van der Waals surface area contributed by atoms with Gasteiger partial charge in [-0.1, -0.05) is 52.1 Å². The fourth-order valence-electron chi connectivity index (χ4n) is 2.33. The molecule has 0 saturated heterocycles. The number of carbonyl (C=O) groups is 1. The summed E-state index contributed by atoms with van der Waals surface area (Å²) in [7, 11) is -1.39. The smallest absolute Gasteiger partial charge is 0.410 e. The van der Waals surface area contributed by atoms with E-state index in [0.717, 1.165) is 12.8 Å². The Balaban J connectivity index is 5.23. The Kier molecular flexibility index (Phi) is 8.50. The quantitative estimate of drug-likeness (QED) is 0.381. The van der Waals surface area contributed by atoms with E-state index in [1.54, 1.807) is 6.08 Å². The standard InChI is InChI=1S/C20H39NO2Si/c1-11-13-17(14-16-24(9,10)20(6,7)8)21(15-12-2)18(22)23-19(3,4)5/h11-12,17H,1-2,13-16H2,3-10H3/t17-/m1/s1. The molecule has 0 aromatic rings. The first kappa shape index (κ1) is 23.0. The van der Waals surface area contributed by atoms with Crippen molar-refractivity contribution in [2.75, 3.05) is 6.54 Å². The summed E-state index contributed by atoms with van der Waals surface area (Å²) in [5.41, 5.74) is -0.491. The highest BCUT2D eigenvalue weighted by atomic mass is 28.3. The highest BCUT2D eigenvalue weighted by Gasteiger charge is 2.36. The van der Waals surface area contributed by atoms with Crippen LogP contribution in [-0.2, 0) is 4.74 Å². The van der Waals surface area contributed by atoms with Gasteiger partial charge in [-0.3, -0.25) is 0 Å². The second kappa shape index (κ2) is 8.89. The molecule has 0 aliphatic rings. The maximum Gasteiger partial charge on any atom is 0.410 e. The van der Waals surface area contributed by atoms with E-state index in [1.807, 2.05) is 31.7 Å². The fraction of sp³-hybridized carbons (Fsp3) is 0.750. The van der Waals surface area contributed by atoms with E-state index in [2.05, 4.69) is 47.0 Å². The van der Waals surface area contributed by atoms with E-state index in [1.165, 1.54) is 6.04 Å². The van der Waals surface area contributed by atoms with Crippen molar-refractivity contribution >= 4 is 14.2 Å². The monoisotopic (exact) mass is 353 g/mol. The average molecular weight is 354 g/mol. The van der Waals surface area contributed by atoms with E-state index in [9.17, 15) is 4.79 Å². The zero-order valence-electron chi connectivity index (χ0n) is 17.2. The number of rotatable bonds is 8. The number of hydrogen-bond acceptors (Lipinski definition) is 2. The van der Waals surface area contributed by atoms with Crippen molar-refractivity contribution in [3.8, 4) is 0 Å². The molecule has 0 aromatic heterocycles. The minimum absolute atomic E-state index is 0.115. The predicted octanol–water partition coefficient (Wildman–Crippen LogP) is 6.25. The van der Waals surface area contributed by atoms with Crippen LogP contribution >= 0.6 is 0 Å². The summed E-state index contributed by atoms with van der Waals surface area (Å²) in [6.07, 6.45) is 5.17. The van der Waals surface area contributed by atoms with Crippen molar-refractivity contribution < 1.29 is 9.53 Å². The van der Waals surface area contributed by atoms with Crippen molar-refractivity contribution in [3.63, 3.8) is 0 Å². The van der Waals surface area contributed by atoms with Crippen LogP contribution in [0.5, 0.6) is 0 Å². The Morgan fingerprint density at radius 1 is 1.12 bits per heavy atom. The van der Waals surface area contributed by atoms with Gasteiger partial charge in [-0.25, -0.2) is 4.79 Å². The van der Waals surface area contributed by atoms with Crippen molar-refractivity contribution in [1.82, 2.24) is 4.90 Å². The predicted molar refractivity (Wildman–Crippen MR) is 108 cm³/mol. The van der Waals surface area contributed by atoms with Gasteiger partial charge >= 0.3 is 6.09 Å². The number of nitrogens with zero attached hydrogens (tertiary/aromatic N) is 1. The number of carbonyl (C=O) groups excluding carboxylic acids is 1. The summed E-state index contributed by atoms with van der Waals surface area (Å²) in [6.45, 7) is 25.7. The van der Waals surface area contributed by atoms with Crippen LogP contribution in [0.4, 0.5) is 4.79 Å². The molecule has 1 atom stereocenters. The Labute approximate surface area is 151 Å². The van der Waals surface area contributed by atoms with Crippen molar-refractivity contribution in [1.29, 1.82) is 0 Å². The normalized spacial score (nSPS) is 14.0. The molecule has 1 amide bonds. The fourth-order valence-corrected chi connectivity index (χ4v) is 4.13. The van der Waals surface area contributed by atoms with Crippen molar-refractivity contribution in [2.24, 2.45) is 0 Å². The van der Waals surface area contributed by atoms with Gasteiger partial charge in [0.15, 0.2) is 0 Å². The molecule has 0 aliphatic carbocycles. The largest absolute Gasteiger partial charge is 0.444 e. The Morgan fingerprint density at radius 3 is 2.04 bits per heavy atom. The van der Waals surface area contributed by atoms with Gasteiger partial charge in [0.05, 0.1) is 8.07 Å². The SMILES string of the molecule is C=CC[C@H](CC[Si](C)(C)C(C)(C)C)N(CC=C)C(=O)OC(C)(C)C. The average Bonchev–Trinajstić information content (AvgIpc) is 2.37. The van der Waals surface area contributed by atoms with Gasteiger partial charge in [-0.05, 0) is 38.7 Å². The number of amides is 1. The van der Waals surface area contributed by atoms with E-state index in [0.29, 0.717) is 11.6 Å². The van der Waals surface area contributed by atoms with Gasteiger partial charge in [0.25, 0.3) is 0 Å². The van der Waals surface area contributed by atoms with Crippen LogP contribution in [0.2, 0.25) is 24.2 Å². The Bertz CT molecular complexity index is 430. The molecule has 0 unspecified atom stereocenters. The summed E-state index contributed by atoms with van der Waals surface area (Å²) in [4.78, 5) is 14.4. The molecule has 0 radical (unpaired) electrons. The molecule has 0 spiro atoms. The molecule has 24 heavy (non-hydrogen) atoms. The third-order valence-corrected chi connectivity index (χ3v) is 10.6. The molecule has 4 heteroatoms. The van der Waals surface area contributed by atoms with Crippen LogP contribution in [-0.4, -0.2) is 37.3 Å². The van der Waals surface area contributed by atoms with Crippen LogP contribution < -0.4 is 0 Å². The van der Waals surface area contributed by atoms with Crippen LogP contribution in [0.1, 0.15) is 54.4 Å². The molecule has 0 rings (SSSR count). The highest BCUT2D eigenvalue weighted by Crippen LogP contribution is 2.40. The third kappa shape index (κ3) is 7.69. The summed E-state index contributed by atoms with van der Waals surface area (Å²) in [5.74, 6) is 0. The summed E-state index contributed by atoms with van der Waals surface area (Å²) in [6, 6.07) is 1.29.